The maximum Gasteiger partial charge on any atom is 0.0580 e. The highest BCUT2D eigenvalue weighted by atomic mass is 16.3. The Morgan fingerprint density at radius 2 is 1.84 bits per heavy atom. The Bertz CT molecular complexity index is 262. The Labute approximate surface area is 119 Å². The summed E-state index contributed by atoms with van der Waals surface area (Å²) in [6.45, 7) is 10.6. The molecule has 0 saturated heterocycles. The van der Waals surface area contributed by atoms with Crippen molar-refractivity contribution >= 4 is 0 Å². The highest BCUT2D eigenvalue weighted by molar-refractivity contribution is 4.85. The summed E-state index contributed by atoms with van der Waals surface area (Å²) in [5.74, 6) is 3.09. The van der Waals surface area contributed by atoms with Crippen molar-refractivity contribution in [3.8, 4) is 0 Å². The van der Waals surface area contributed by atoms with E-state index >= 15 is 0 Å². The smallest absolute Gasteiger partial charge is 0.0580 e. The van der Waals surface area contributed by atoms with Gasteiger partial charge >= 0.3 is 0 Å². The van der Waals surface area contributed by atoms with Gasteiger partial charge in [0.05, 0.1) is 6.10 Å². The van der Waals surface area contributed by atoms with E-state index in [-0.39, 0.29) is 6.10 Å². The van der Waals surface area contributed by atoms with Crippen LogP contribution in [0.5, 0.6) is 0 Å². The maximum absolute atomic E-state index is 10.3. The number of aliphatic hydroxyl groups is 1. The van der Waals surface area contributed by atoms with Gasteiger partial charge in [-0.2, -0.15) is 0 Å². The minimum atomic E-state index is -0.0476. The van der Waals surface area contributed by atoms with E-state index in [4.69, 9.17) is 0 Å². The van der Waals surface area contributed by atoms with Crippen LogP contribution in [0.25, 0.3) is 0 Å². The zero-order valence-corrected chi connectivity index (χ0v) is 13.1. The molecule has 2 rings (SSSR count). The summed E-state index contributed by atoms with van der Waals surface area (Å²) < 4.78 is 0. The van der Waals surface area contributed by atoms with Gasteiger partial charge in [-0.25, -0.2) is 0 Å². The predicted molar refractivity (Wildman–Crippen MR) is 81.1 cm³/mol. The summed E-state index contributed by atoms with van der Waals surface area (Å²) in [7, 11) is 0. The molecule has 0 amide bonds. The van der Waals surface area contributed by atoms with E-state index < -0.39 is 0 Å². The lowest BCUT2D eigenvalue weighted by Crippen LogP contribution is -2.40. The topological polar surface area (TPSA) is 23.5 Å². The summed E-state index contributed by atoms with van der Waals surface area (Å²) in [6.07, 6.45) is 7.55. The fraction of sp³-hybridized carbons (Fsp3) is 1.00. The predicted octanol–water partition coefficient (Wildman–Crippen LogP) is 3.54. The molecule has 0 aromatic carbocycles. The van der Waals surface area contributed by atoms with Crippen molar-refractivity contribution in [3.05, 3.63) is 0 Å². The van der Waals surface area contributed by atoms with Gasteiger partial charge in [0.15, 0.2) is 0 Å². The van der Waals surface area contributed by atoms with Gasteiger partial charge in [-0.15, -0.1) is 0 Å². The number of aliphatic hydroxyl groups excluding tert-OH is 1. The van der Waals surface area contributed by atoms with Gasteiger partial charge in [0.1, 0.15) is 0 Å². The molecule has 19 heavy (non-hydrogen) atoms. The molecule has 0 radical (unpaired) electrons. The van der Waals surface area contributed by atoms with Crippen LogP contribution >= 0.6 is 0 Å². The molecule has 0 aliphatic heterocycles. The first-order valence-electron chi connectivity index (χ1n) is 8.50. The summed E-state index contributed by atoms with van der Waals surface area (Å²) >= 11 is 0. The Morgan fingerprint density at radius 3 is 2.42 bits per heavy atom. The molecule has 2 saturated carbocycles. The van der Waals surface area contributed by atoms with Crippen LogP contribution < -0.4 is 0 Å². The third kappa shape index (κ3) is 4.75. The minimum Gasteiger partial charge on any atom is -0.393 e. The zero-order chi connectivity index (χ0) is 13.8. The van der Waals surface area contributed by atoms with Crippen LogP contribution in [0.2, 0.25) is 0 Å². The molecule has 0 aromatic rings. The van der Waals surface area contributed by atoms with Gasteiger partial charge in [-0.05, 0) is 68.7 Å². The molecule has 2 fully saturated rings. The van der Waals surface area contributed by atoms with Crippen molar-refractivity contribution < 1.29 is 5.11 Å². The Kier molecular flexibility index (Phi) is 5.70. The van der Waals surface area contributed by atoms with Gasteiger partial charge in [-0.1, -0.05) is 20.8 Å². The lowest BCUT2D eigenvalue weighted by Gasteiger charge is -2.38. The van der Waals surface area contributed by atoms with Gasteiger partial charge in [-0.3, -0.25) is 0 Å². The van der Waals surface area contributed by atoms with Crippen molar-refractivity contribution in [2.45, 2.75) is 65.4 Å². The Morgan fingerprint density at radius 1 is 1.11 bits per heavy atom. The SMILES string of the molecule is CCCN(CC1CC1)CC1CC(C(C)C)CCC1O. The molecule has 2 heteroatoms. The van der Waals surface area contributed by atoms with E-state index in [9.17, 15) is 5.11 Å². The van der Waals surface area contributed by atoms with Crippen molar-refractivity contribution in [2.24, 2.45) is 23.7 Å². The second kappa shape index (κ2) is 7.08. The number of hydrogen-bond donors (Lipinski definition) is 1. The maximum atomic E-state index is 10.3. The lowest BCUT2D eigenvalue weighted by atomic mass is 9.74. The minimum absolute atomic E-state index is 0.0476. The fourth-order valence-electron chi connectivity index (χ4n) is 3.66. The van der Waals surface area contributed by atoms with Crippen LogP contribution in [0.1, 0.15) is 59.3 Å². The van der Waals surface area contributed by atoms with Gasteiger partial charge in [0.2, 0.25) is 0 Å². The molecule has 1 N–H and O–H groups in total. The van der Waals surface area contributed by atoms with Crippen molar-refractivity contribution in [2.75, 3.05) is 19.6 Å². The van der Waals surface area contributed by atoms with Crippen molar-refractivity contribution in [3.63, 3.8) is 0 Å². The first kappa shape index (κ1) is 15.3. The van der Waals surface area contributed by atoms with Crippen LogP contribution in [0.4, 0.5) is 0 Å². The molecular formula is C17H33NO. The second-order valence-electron chi connectivity index (χ2n) is 7.35. The summed E-state index contributed by atoms with van der Waals surface area (Å²) in [4.78, 5) is 2.63. The molecule has 2 aliphatic carbocycles. The zero-order valence-electron chi connectivity index (χ0n) is 13.1. The second-order valence-corrected chi connectivity index (χ2v) is 7.35. The van der Waals surface area contributed by atoms with Crippen LogP contribution in [-0.2, 0) is 0 Å². The molecule has 2 aliphatic rings. The van der Waals surface area contributed by atoms with Gasteiger partial charge < -0.3 is 10.0 Å². The first-order chi connectivity index (χ1) is 9.10. The van der Waals surface area contributed by atoms with E-state index in [1.54, 1.807) is 0 Å². The van der Waals surface area contributed by atoms with Gasteiger partial charge in [0.25, 0.3) is 0 Å². The number of nitrogens with zero attached hydrogens (tertiary/aromatic N) is 1. The average Bonchev–Trinajstić information content (AvgIpc) is 3.16. The van der Waals surface area contributed by atoms with E-state index in [0.717, 1.165) is 30.7 Å². The summed E-state index contributed by atoms with van der Waals surface area (Å²) in [5, 5.41) is 10.3. The molecule has 0 heterocycles. The monoisotopic (exact) mass is 267 g/mol. The average molecular weight is 267 g/mol. The van der Waals surface area contributed by atoms with Crippen LogP contribution in [0, 0.1) is 23.7 Å². The third-order valence-corrected chi connectivity index (χ3v) is 5.17. The van der Waals surface area contributed by atoms with Crippen LogP contribution in [-0.4, -0.2) is 35.7 Å². The van der Waals surface area contributed by atoms with Crippen molar-refractivity contribution in [1.29, 1.82) is 0 Å². The Hall–Kier alpha value is -0.0800. The van der Waals surface area contributed by atoms with E-state index in [1.165, 1.54) is 45.2 Å². The molecule has 0 bridgehead atoms. The van der Waals surface area contributed by atoms with E-state index in [0.29, 0.717) is 5.92 Å². The molecule has 3 unspecified atom stereocenters. The highest BCUT2D eigenvalue weighted by Crippen LogP contribution is 2.35. The van der Waals surface area contributed by atoms with Crippen LogP contribution in [0.15, 0.2) is 0 Å². The molecule has 2 nitrogen and oxygen atoms in total. The highest BCUT2D eigenvalue weighted by Gasteiger charge is 2.33. The third-order valence-electron chi connectivity index (χ3n) is 5.17. The van der Waals surface area contributed by atoms with E-state index in [1.807, 2.05) is 0 Å². The number of hydrogen-bond acceptors (Lipinski definition) is 2. The molecular weight excluding hydrogens is 234 g/mol. The fourth-order valence-corrected chi connectivity index (χ4v) is 3.66. The standard InChI is InChI=1S/C17H33NO/c1-4-9-18(11-14-5-6-14)12-16-10-15(13(2)3)7-8-17(16)19/h13-17,19H,4-12H2,1-3H3. The van der Waals surface area contributed by atoms with Gasteiger partial charge in [0, 0.05) is 13.1 Å². The summed E-state index contributed by atoms with van der Waals surface area (Å²) in [6, 6.07) is 0. The normalized spacial score (nSPS) is 32.2. The Balaban J connectivity index is 1.85. The summed E-state index contributed by atoms with van der Waals surface area (Å²) in [5.41, 5.74) is 0. The largest absolute Gasteiger partial charge is 0.393 e. The molecule has 112 valence electrons. The van der Waals surface area contributed by atoms with Crippen molar-refractivity contribution in [1.82, 2.24) is 4.90 Å². The molecule has 0 spiro atoms. The number of rotatable bonds is 7. The molecule has 3 atom stereocenters. The van der Waals surface area contributed by atoms with E-state index in [2.05, 4.69) is 25.7 Å². The first-order valence-corrected chi connectivity index (χ1v) is 8.50. The lowest BCUT2D eigenvalue weighted by molar-refractivity contribution is 0.0177. The quantitative estimate of drug-likeness (QED) is 0.762. The molecule has 0 aromatic heterocycles. The van der Waals surface area contributed by atoms with Crippen LogP contribution in [0.3, 0.4) is 0 Å².